The molecule has 0 spiro atoms. The standard InChI is InChI=1S/C26H32N8O5.C21H19FN6O5.C15H16N4O4S.C15H16N4O2S.C10H12N2O2/c1-16-17-12-23(38-6)24(39-7)14-19(17)33(30-16)25-8-9-27-26(29-25)28-18-13-21(34(35)36)20(15-22(18)37-5)32(4)11-10-31(2)3;1-11-12-7-18(32-3)19(33-4)10-15(12)27(26-11)20-5-6-23-21(25-20)24-14-9-16(28(29)30)13(22)8-17(14)31-2;1-9-10-7-12(22-2)13(23-3)8-11(10)19(18-9)14-5-6-16-15(17-14)24(4,20)21;1-9-10-7-12(20-2)13(21-3)8-11(10)19(18-9)14-5-6-16-15(17-14)22-4;1-6-7-4-9(13-2)10(14-3)5-8(7)12-11-6/h8-9,12-15H,10-11H2,1-7H3,(H,27,28,29);5-10H,1-4H3,(H,23,24,25);5-8H,1-4H3;5-8H,1-4H3;4-5H,1-3H3,(H,11,12). The average Bonchev–Trinajstić information content (AvgIpc) is 1.61. The van der Waals surface area contributed by atoms with Crippen LogP contribution in [0, 0.1) is 60.7 Å². The van der Waals surface area contributed by atoms with Crippen LogP contribution >= 0.6 is 11.8 Å². The number of halogens is 1. The van der Waals surface area contributed by atoms with Crippen LogP contribution in [0.25, 0.3) is 77.8 Å². The highest BCUT2D eigenvalue weighted by atomic mass is 32.2. The summed E-state index contributed by atoms with van der Waals surface area (Å²) in [6.45, 7) is 10.9. The molecule has 0 atom stereocenters. The molecule has 0 aliphatic heterocycles. The second kappa shape index (κ2) is 41.5. The number of methoxy groups -OCH3 is 12. The Labute approximate surface area is 759 Å². The molecule has 16 aromatic rings. The van der Waals surface area contributed by atoms with Crippen LogP contribution in [0.5, 0.6) is 69.0 Å². The number of rotatable bonds is 28. The van der Waals surface area contributed by atoms with E-state index in [1.54, 1.807) is 139 Å². The van der Waals surface area contributed by atoms with Crippen LogP contribution < -0.4 is 72.4 Å². The predicted octanol–water partition coefficient (Wildman–Crippen LogP) is 14.0. The van der Waals surface area contributed by atoms with E-state index in [9.17, 15) is 33.0 Å². The molecule has 9 heterocycles. The van der Waals surface area contributed by atoms with Crippen LogP contribution in [0.4, 0.5) is 44.7 Å². The fraction of sp³-hybridized carbons (Fsp3) is 0.276. The van der Waals surface area contributed by atoms with Gasteiger partial charge in [0.2, 0.25) is 32.7 Å². The number of aromatic amines is 1. The summed E-state index contributed by atoms with van der Waals surface area (Å²) in [5.41, 5.74) is 8.42. The van der Waals surface area contributed by atoms with E-state index in [-0.39, 0.29) is 34.2 Å². The van der Waals surface area contributed by atoms with Crippen LogP contribution in [0.1, 0.15) is 28.5 Å². The zero-order valence-electron chi connectivity index (χ0n) is 76.1. The highest BCUT2D eigenvalue weighted by Crippen LogP contribution is 2.43. The highest BCUT2D eigenvalue weighted by molar-refractivity contribution is 7.98. The molecule has 0 unspecified atom stereocenters. The number of sulfone groups is 1. The van der Waals surface area contributed by atoms with Gasteiger partial charge < -0.3 is 77.3 Å². The molecule has 7 aromatic carbocycles. The Hall–Kier alpha value is -15.8. The summed E-state index contributed by atoms with van der Waals surface area (Å²) < 4.78 is 108. The maximum absolute atomic E-state index is 13.9. The summed E-state index contributed by atoms with van der Waals surface area (Å²) in [5.74, 6) is 7.96. The predicted molar refractivity (Wildman–Crippen MR) is 494 cm³/mol. The molecule has 45 heteroatoms. The number of aryl methyl sites for hydroxylation is 5. The van der Waals surface area contributed by atoms with Crippen molar-refractivity contribution >= 4 is 116 Å². The number of hydrogen-bond donors (Lipinski definition) is 3. The number of nitrogens with one attached hydrogen (secondary N) is 3. The van der Waals surface area contributed by atoms with Crippen LogP contribution in [-0.4, -0.2) is 244 Å². The first kappa shape index (κ1) is 95.3. The van der Waals surface area contributed by atoms with E-state index in [4.69, 9.17) is 56.8 Å². The van der Waals surface area contributed by atoms with Crippen molar-refractivity contribution in [2.75, 3.05) is 148 Å². The summed E-state index contributed by atoms with van der Waals surface area (Å²) in [6, 6.07) is 30.4. The molecule has 0 fully saturated rings. The third-order valence-electron chi connectivity index (χ3n) is 20.4. The van der Waals surface area contributed by atoms with E-state index < -0.39 is 31.2 Å². The van der Waals surface area contributed by atoms with Gasteiger partial charge in [-0.05, 0) is 85.3 Å². The van der Waals surface area contributed by atoms with Crippen molar-refractivity contribution in [3.63, 3.8) is 0 Å². The fourth-order valence-corrected chi connectivity index (χ4v) is 14.6. The molecular formula is C87H95FN24O18S2. The molecular weight excluding hydrogens is 1750 g/mol. The van der Waals surface area contributed by atoms with E-state index >= 15 is 0 Å². The van der Waals surface area contributed by atoms with Crippen molar-refractivity contribution in [3.8, 4) is 92.3 Å². The Kier molecular flexibility index (Phi) is 30.0. The number of hydrogen-bond acceptors (Lipinski definition) is 36. The topological polar surface area (TPSA) is 465 Å². The van der Waals surface area contributed by atoms with Gasteiger partial charge in [-0.15, -0.1) is 0 Å². The number of benzene rings is 7. The molecule has 0 amide bonds. The Morgan fingerprint density at radius 1 is 0.424 bits per heavy atom. The Balaban J connectivity index is 0.000000154. The number of nitro groups is 2. The van der Waals surface area contributed by atoms with Gasteiger partial charge in [-0.1, -0.05) is 11.8 Å². The molecule has 0 aliphatic carbocycles. The molecule has 0 aliphatic rings. The minimum Gasteiger partial charge on any atom is -0.494 e. The molecule has 690 valence electrons. The molecule has 0 bridgehead atoms. The van der Waals surface area contributed by atoms with Crippen molar-refractivity contribution in [3.05, 3.63) is 188 Å². The van der Waals surface area contributed by atoms with Gasteiger partial charge in [0.05, 0.1) is 157 Å². The quantitative estimate of drug-likeness (QED) is 0.0177. The minimum atomic E-state index is -3.51. The SMILES string of the molecule is COc1cc(F)c([N+](=O)[O-])cc1Nc1nccc(-n2nc(C)c3cc(OC)c(OC)cc32)n1.COc1cc(N(C)CCN(C)C)c([N+](=O)[O-])cc1Nc1nccc(-n2nc(C)c3cc(OC)c(OC)cc32)n1.COc1cc2c(C)nn(-c3ccnc(S(C)(=O)=O)n3)c2cc1OC.COc1cc2c(C)nn(-c3ccnc(SC)n3)c2cc1OC.COc1cc2n[nH]c(C)c2cc1OC. The van der Waals surface area contributed by atoms with E-state index in [2.05, 4.69) is 81.1 Å². The molecule has 9 aromatic heterocycles. The zero-order chi connectivity index (χ0) is 95.3. The second-order valence-electron chi connectivity index (χ2n) is 28.8. The van der Waals surface area contributed by atoms with E-state index in [1.807, 2.05) is 126 Å². The fourth-order valence-electron chi connectivity index (χ4n) is 13.7. The second-order valence-corrected chi connectivity index (χ2v) is 31.5. The van der Waals surface area contributed by atoms with Gasteiger partial charge in [-0.2, -0.15) is 44.8 Å². The molecule has 0 saturated heterocycles. The first-order chi connectivity index (χ1) is 63.3. The largest absolute Gasteiger partial charge is 0.494 e. The van der Waals surface area contributed by atoms with Gasteiger partial charge in [-0.3, -0.25) is 25.3 Å². The Morgan fingerprint density at radius 3 is 1.12 bits per heavy atom. The smallest absolute Gasteiger partial charge is 0.307 e. The van der Waals surface area contributed by atoms with Gasteiger partial charge in [0.1, 0.15) is 17.2 Å². The number of nitrogens with zero attached hydrogens (tertiary/aromatic N) is 21. The lowest BCUT2D eigenvalue weighted by molar-refractivity contribution is -0.387. The molecule has 0 saturated carbocycles. The molecule has 16 rings (SSSR count). The van der Waals surface area contributed by atoms with Crippen LogP contribution in [0.3, 0.4) is 0 Å². The Bertz CT molecular complexity index is 7070. The first-order valence-corrected chi connectivity index (χ1v) is 42.8. The summed E-state index contributed by atoms with van der Waals surface area (Å²) >= 11 is 1.50. The van der Waals surface area contributed by atoms with Gasteiger partial charge in [0.25, 0.3) is 5.69 Å². The Morgan fingerprint density at radius 2 is 0.758 bits per heavy atom. The molecule has 42 nitrogen and oxygen atoms in total. The van der Waals surface area contributed by atoms with E-state index in [0.717, 1.165) is 119 Å². The molecule has 3 N–H and O–H groups in total. The van der Waals surface area contributed by atoms with Crippen molar-refractivity contribution in [1.29, 1.82) is 0 Å². The third kappa shape index (κ3) is 20.7. The number of H-pyrrole nitrogens is 1. The number of fused-ring (bicyclic) bond motifs is 5. The van der Waals surface area contributed by atoms with Crippen molar-refractivity contribution in [2.45, 2.75) is 44.9 Å². The van der Waals surface area contributed by atoms with Crippen molar-refractivity contribution < 1.29 is 79.5 Å². The zero-order valence-corrected chi connectivity index (χ0v) is 77.7. The van der Waals surface area contributed by atoms with Crippen LogP contribution in [-0.2, 0) is 9.84 Å². The highest BCUT2D eigenvalue weighted by Gasteiger charge is 2.27. The monoisotopic (exact) mass is 1850 g/mol. The van der Waals surface area contributed by atoms with Crippen molar-refractivity contribution in [1.82, 2.24) is 94.1 Å². The summed E-state index contributed by atoms with van der Waals surface area (Å²) in [7, 11) is 20.9. The summed E-state index contributed by atoms with van der Waals surface area (Å²) in [6.07, 6.45) is 9.21. The average molecular weight is 1850 g/mol. The number of thioether (sulfide) groups is 1. The lowest BCUT2D eigenvalue weighted by Crippen LogP contribution is -2.28. The van der Waals surface area contributed by atoms with E-state index in [0.29, 0.717) is 98.0 Å². The minimum absolute atomic E-state index is 0.0596. The molecule has 0 radical (unpaired) electrons. The van der Waals surface area contributed by atoms with E-state index in [1.165, 1.54) is 44.4 Å². The third-order valence-corrected chi connectivity index (χ3v) is 21.8. The maximum atomic E-state index is 13.9. The van der Waals surface area contributed by atoms with Crippen LogP contribution in [0.2, 0.25) is 0 Å². The summed E-state index contributed by atoms with van der Waals surface area (Å²) in [4.78, 5) is 59.9. The van der Waals surface area contributed by atoms with Gasteiger partial charge in [0.15, 0.2) is 85.9 Å². The van der Waals surface area contributed by atoms with Gasteiger partial charge >= 0.3 is 5.69 Å². The van der Waals surface area contributed by atoms with Gasteiger partial charge in [0, 0.05) is 163 Å². The lowest BCUT2D eigenvalue weighted by atomic mass is 10.2. The number of aromatic nitrogens is 18. The first-order valence-electron chi connectivity index (χ1n) is 39.7. The lowest BCUT2D eigenvalue weighted by Gasteiger charge is -2.22. The number of anilines is 5. The number of likely N-dealkylation sites (N-methyl/N-ethyl adjacent to an activating group) is 2. The number of ether oxygens (including phenoxy) is 12. The number of nitro benzene ring substituents is 2. The summed E-state index contributed by atoms with van der Waals surface area (Å²) in [5, 5.41) is 59.4. The normalized spacial score (nSPS) is 11.0. The van der Waals surface area contributed by atoms with Gasteiger partial charge in [-0.25, -0.2) is 52.1 Å². The van der Waals surface area contributed by atoms with Crippen LogP contribution in [0.15, 0.2) is 144 Å². The molecule has 132 heavy (non-hydrogen) atoms. The van der Waals surface area contributed by atoms with Crippen molar-refractivity contribution in [2.24, 2.45) is 0 Å². The maximum Gasteiger partial charge on any atom is 0.307 e.